The molecule has 5 nitrogen and oxygen atoms in total. The Labute approximate surface area is 123 Å². The van der Waals surface area contributed by atoms with E-state index < -0.39 is 0 Å². The summed E-state index contributed by atoms with van der Waals surface area (Å²) in [6, 6.07) is 6.97. The van der Waals surface area contributed by atoms with E-state index in [1.807, 2.05) is 0 Å². The molecule has 0 unspecified atom stereocenters. The predicted molar refractivity (Wildman–Crippen MR) is 83.2 cm³/mol. The number of carbonyl (C=O) groups excluding carboxylic acids is 2. The molecule has 0 saturated heterocycles. The summed E-state index contributed by atoms with van der Waals surface area (Å²) in [5, 5.41) is 5.92. The van der Waals surface area contributed by atoms with E-state index in [2.05, 4.69) is 24.5 Å². The number of carbonyl (C=O) groups is 2. The van der Waals surface area contributed by atoms with Crippen molar-refractivity contribution in [2.45, 2.75) is 19.1 Å². The summed E-state index contributed by atoms with van der Waals surface area (Å²) >= 11 is 1.59. The number of rotatable bonds is 7. The lowest BCUT2D eigenvalue weighted by Crippen LogP contribution is -2.17. The van der Waals surface area contributed by atoms with Crippen LogP contribution in [0.2, 0.25) is 0 Å². The molecule has 2 amide bonds. The number of amides is 2. The van der Waals surface area contributed by atoms with Crippen LogP contribution in [0.15, 0.2) is 24.3 Å². The molecule has 0 spiro atoms. The first-order chi connectivity index (χ1) is 9.51. The summed E-state index contributed by atoms with van der Waals surface area (Å²) < 4.78 is 4.73. The van der Waals surface area contributed by atoms with Gasteiger partial charge < -0.3 is 15.4 Å². The Balaban J connectivity index is 2.46. The van der Waals surface area contributed by atoms with E-state index in [1.54, 1.807) is 36.0 Å². The van der Waals surface area contributed by atoms with Crippen LogP contribution in [0.4, 0.5) is 11.4 Å². The van der Waals surface area contributed by atoms with Gasteiger partial charge in [-0.05, 0) is 29.5 Å². The molecule has 6 heteroatoms. The van der Waals surface area contributed by atoms with Crippen molar-refractivity contribution in [3.63, 3.8) is 0 Å². The maximum Gasteiger partial charge on any atom is 0.250 e. The van der Waals surface area contributed by atoms with E-state index in [4.69, 9.17) is 4.74 Å². The summed E-state index contributed by atoms with van der Waals surface area (Å²) in [7, 11) is 1.47. The number of hydrogen-bond acceptors (Lipinski definition) is 4. The predicted octanol–water partition coefficient (Wildman–Crippen LogP) is 2.35. The lowest BCUT2D eigenvalue weighted by atomic mass is 10.2. The Morgan fingerprint density at radius 2 is 1.60 bits per heavy atom. The van der Waals surface area contributed by atoms with Gasteiger partial charge >= 0.3 is 0 Å². The lowest BCUT2D eigenvalue weighted by molar-refractivity contribution is -0.119. The van der Waals surface area contributed by atoms with Gasteiger partial charge in [0.15, 0.2) is 0 Å². The zero-order valence-electron chi connectivity index (χ0n) is 11.9. The highest BCUT2D eigenvalue weighted by atomic mass is 32.2. The molecule has 1 rings (SSSR count). The van der Waals surface area contributed by atoms with Crippen LogP contribution in [-0.2, 0) is 14.3 Å². The summed E-state index contributed by atoms with van der Waals surface area (Å²) in [6.45, 7) is 4.12. The average molecular weight is 296 g/mol. The highest BCUT2D eigenvalue weighted by Gasteiger charge is 2.05. The lowest BCUT2D eigenvalue weighted by Gasteiger charge is -2.08. The third-order valence-corrected chi connectivity index (χ3v) is 3.37. The number of thioether (sulfide) groups is 1. The molecule has 2 N–H and O–H groups in total. The Morgan fingerprint density at radius 3 is 2.05 bits per heavy atom. The van der Waals surface area contributed by atoms with E-state index in [9.17, 15) is 9.59 Å². The Bertz CT molecular complexity index is 446. The minimum Gasteiger partial charge on any atom is -0.375 e. The SMILES string of the molecule is COCC(=O)Nc1ccc(NC(=O)CSC(C)C)cc1. The smallest absolute Gasteiger partial charge is 0.250 e. The van der Waals surface area contributed by atoms with Crippen LogP contribution in [0.25, 0.3) is 0 Å². The van der Waals surface area contributed by atoms with Gasteiger partial charge in [-0.15, -0.1) is 11.8 Å². The molecule has 0 saturated carbocycles. The number of ether oxygens (including phenoxy) is 1. The topological polar surface area (TPSA) is 67.4 Å². The highest BCUT2D eigenvalue weighted by Crippen LogP contribution is 2.15. The van der Waals surface area contributed by atoms with Crippen molar-refractivity contribution in [3.05, 3.63) is 24.3 Å². The van der Waals surface area contributed by atoms with E-state index in [-0.39, 0.29) is 18.4 Å². The standard InChI is InChI=1S/C14H20N2O3S/c1-10(2)20-9-14(18)16-12-6-4-11(5-7-12)15-13(17)8-19-3/h4-7,10H,8-9H2,1-3H3,(H,15,17)(H,16,18). The van der Waals surface area contributed by atoms with Crippen LogP contribution in [-0.4, -0.2) is 36.5 Å². The van der Waals surface area contributed by atoms with Crippen molar-refractivity contribution in [3.8, 4) is 0 Å². The van der Waals surface area contributed by atoms with Crippen LogP contribution in [0.3, 0.4) is 0 Å². The van der Waals surface area contributed by atoms with Gasteiger partial charge in [0.1, 0.15) is 6.61 Å². The Morgan fingerprint density at radius 1 is 1.10 bits per heavy atom. The maximum atomic E-state index is 11.6. The molecule has 0 heterocycles. The van der Waals surface area contributed by atoms with Crippen molar-refractivity contribution in [2.24, 2.45) is 0 Å². The van der Waals surface area contributed by atoms with E-state index in [0.717, 1.165) is 0 Å². The molecule has 0 aromatic heterocycles. The molecule has 20 heavy (non-hydrogen) atoms. The number of hydrogen-bond donors (Lipinski definition) is 2. The normalized spacial score (nSPS) is 10.4. The minimum atomic E-state index is -0.211. The van der Waals surface area contributed by atoms with Crippen LogP contribution < -0.4 is 10.6 Å². The third kappa shape index (κ3) is 6.58. The number of anilines is 2. The largest absolute Gasteiger partial charge is 0.375 e. The summed E-state index contributed by atoms with van der Waals surface area (Å²) in [5.74, 6) is 0.196. The molecule has 0 aliphatic rings. The van der Waals surface area contributed by atoms with Crippen molar-refractivity contribution < 1.29 is 14.3 Å². The van der Waals surface area contributed by atoms with Gasteiger partial charge in [0.25, 0.3) is 0 Å². The van der Waals surface area contributed by atoms with Crippen LogP contribution in [0, 0.1) is 0 Å². The zero-order valence-corrected chi connectivity index (χ0v) is 12.8. The van der Waals surface area contributed by atoms with Crippen LogP contribution in [0.5, 0.6) is 0 Å². The van der Waals surface area contributed by atoms with Crippen LogP contribution in [0.1, 0.15) is 13.8 Å². The molecular formula is C14H20N2O3S. The molecule has 110 valence electrons. The molecule has 0 aliphatic carbocycles. The summed E-state index contributed by atoms with van der Waals surface area (Å²) in [5.41, 5.74) is 1.38. The van der Waals surface area contributed by atoms with E-state index in [1.165, 1.54) is 7.11 Å². The van der Waals surface area contributed by atoms with Gasteiger partial charge in [0.05, 0.1) is 5.75 Å². The maximum absolute atomic E-state index is 11.6. The van der Waals surface area contributed by atoms with Gasteiger partial charge in [-0.3, -0.25) is 9.59 Å². The highest BCUT2D eigenvalue weighted by molar-refractivity contribution is 8.00. The third-order valence-electron chi connectivity index (χ3n) is 2.28. The molecule has 0 fully saturated rings. The average Bonchev–Trinajstić information content (AvgIpc) is 2.39. The summed E-state index contributed by atoms with van der Waals surface area (Å²) in [6.07, 6.45) is 0. The van der Waals surface area contributed by atoms with E-state index in [0.29, 0.717) is 22.4 Å². The van der Waals surface area contributed by atoms with Crippen molar-refractivity contribution >= 4 is 35.0 Å². The fourth-order valence-electron chi connectivity index (χ4n) is 1.40. The van der Waals surface area contributed by atoms with Gasteiger partial charge in [-0.1, -0.05) is 13.8 Å². The molecule has 0 bridgehead atoms. The van der Waals surface area contributed by atoms with Crippen molar-refractivity contribution in [1.29, 1.82) is 0 Å². The summed E-state index contributed by atoms with van der Waals surface area (Å²) in [4.78, 5) is 23.0. The Hall–Kier alpha value is -1.53. The molecular weight excluding hydrogens is 276 g/mol. The van der Waals surface area contributed by atoms with Gasteiger partial charge in [-0.2, -0.15) is 0 Å². The van der Waals surface area contributed by atoms with Crippen molar-refractivity contribution in [2.75, 3.05) is 30.1 Å². The second-order valence-electron chi connectivity index (χ2n) is 4.47. The van der Waals surface area contributed by atoms with Crippen molar-refractivity contribution in [1.82, 2.24) is 0 Å². The second kappa shape index (κ2) is 8.60. The second-order valence-corrected chi connectivity index (χ2v) is 6.03. The molecule has 1 aromatic carbocycles. The zero-order chi connectivity index (χ0) is 15.0. The Kier molecular flexibility index (Phi) is 7.11. The molecule has 0 aliphatic heterocycles. The molecule has 1 aromatic rings. The quantitative estimate of drug-likeness (QED) is 0.810. The number of benzene rings is 1. The first-order valence-corrected chi connectivity index (χ1v) is 7.36. The minimum absolute atomic E-state index is 0.0188. The van der Waals surface area contributed by atoms with Crippen LogP contribution >= 0.6 is 11.8 Å². The van der Waals surface area contributed by atoms with Gasteiger partial charge in [-0.25, -0.2) is 0 Å². The fourth-order valence-corrected chi connectivity index (χ4v) is 1.96. The fraction of sp³-hybridized carbons (Fsp3) is 0.429. The first kappa shape index (κ1) is 16.5. The molecule has 0 radical (unpaired) electrons. The number of nitrogens with one attached hydrogen (secondary N) is 2. The van der Waals surface area contributed by atoms with E-state index >= 15 is 0 Å². The monoisotopic (exact) mass is 296 g/mol. The van der Waals surface area contributed by atoms with Gasteiger partial charge in [0, 0.05) is 18.5 Å². The first-order valence-electron chi connectivity index (χ1n) is 6.31. The van der Waals surface area contributed by atoms with Gasteiger partial charge in [0.2, 0.25) is 11.8 Å². The number of methoxy groups -OCH3 is 1. The molecule has 0 atom stereocenters.